The highest BCUT2D eigenvalue weighted by molar-refractivity contribution is 6.06. The number of hydrogen-bond acceptors (Lipinski definition) is 3. The zero-order valence-corrected chi connectivity index (χ0v) is 15.1. The summed E-state index contributed by atoms with van der Waals surface area (Å²) in [5.41, 5.74) is 3.44. The van der Waals surface area contributed by atoms with Gasteiger partial charge in [-0.3, -0.25) is 9.59 Å². The minimum Gasteiger partial charge on any atom is -0.497 e. The van der Waals surface area contributed by atoms with Crippen molar-refractivity contribution in [3.63, 3.8) is 0 Å². The van der Waals surface area contributed by atoms with Gasteiger partial charge < -0.3 is 20.0 Å². The molecule has 27 heavy (non-hydrogen) atoms. The first kappa shape index (κ1) is 16.9. The molecule has 0 aliphatic rings. The smallest absolute Gasteiger partial charge is 0.272 e. The topological polar surface area (TPSA) is 87.0 Å². The van der Waals surface area contributed by atoms with Crippen molar-refractivity contribution in [1.29, 1.82) is 0 Å². The second kappa shape index (κ2) is 6.64. The summed E-state index contributed by atoms with van der Waals surface area (Å²) in [5.74, 6) is 0.472. The lowest BCUT2D eigenvalue weighted by Gasteiger charge is -2.08. The Balaban J connectivity index is 1.65. The predicted molar refractivity (Wildman–Crippen MR) is 107 cm³/mol. The largest absolute Gasteiger partial charge is 0.497 e. The highest BCUT2D eigenvalue weighted by Gasteiger charge is 2.11. The summed E-state index contributed by atoms with van der Waals surface area (Å²) in [6, 6.07) is 14.5. The number of pyridine rings is 1. The first-order valence-electron chi connectivity index (χ1n) is 8.71. The highest BCUT2D eigenvalue weighted by atomic mass is 16.5. The van der Waals surface area contributed by atoms with Crippen LogP contribution in [-0.2, 0) is 6.42 Å². The molecule has 0 fully saturated rings. The number of rotatable bonds is 4. The third kappa shape index (κ3) is 3.17. The van der Waals surface area contributed by atoms with Crippen LogP contribution in [0.15, 0.2) is 53.3 Å². The molecule has 6 heteroatoms. The summed E-state index contributed by atoms with van der Waals surface area (Å²) in [4.78, 5) is 30.4. The molecule has 0 unspecified atom stereocenters. The minimum atomic E-state index is -0.251. The lowest BCUT2D eigenvalue weighted by molar-refractivity contribution is 0.102. The van der Waals surface area contributed by atoms with Crippen LogP contribution in [0.25, 0.3) is 21.8 Å². The molecular formula is C21H19N3O3. The number of aryl methyl sites for hydroxylation is 1. The molecule has 2 aromatic heterocycles. The quantitative estimate of drug-likeness (QED) is 0.516. The summed E-state index contributed by atoms with van der Waals surface area (Å²) in [7, 11) is 1.60. The van der Waals surface area contributed by atoms with Crippen LogP contribution in [-0.4, -0.2) is 23.0 Å². The Bertz CT molecular complexity index is 1220. The van der Waals surface area contributed by atoms with E-state index in [4.69, 9.17) is 4.74 Å². The van der Waals surface area contributed by atoms with E-state index in [-0.39, 0.29) is 11.5 Å². The number of H-pyrrole nitrogens is 2. The number of nitrogens with one attached hydrogen (secondary N) is 3. The fourth-order valence-corrected chi connectivity index (χ4v) is 3.26. The van der Waals surface area contributed by atoms with Gasteiger partial charge in [0.15, 0.2) is 0 Å². The van der Waals surface area contributed by atoms with Gasteiger partial charge in [0.05, 0.1) is 12.6 Å². The van der Waals surface area contributed by atoms with Crippen LogP contribution in [0.3, 0.4) is 0 Å². The molecule has 0 saturated heterocycles. The summed E-state index contributed by atoms with van der Waals surface area (Å²) in [6.45, 7) is 2.01. The van der Waals surface area contributed by atoms with Crippen LogP contribution in [0, 0.1) is 0 Å². The van der Waals surface area contributed by atoms with E-state index in [2.05, 4.69) is 15.3 Å². The fourth-order valence-electron chi connectivity index (χ4n) is 3.26. The number of methoxy groups -OCH3 is 1. The highest BCUT2D eigenvalue weighted by Crippen LogP contribution is 2.23. The van der Waals surface area contributed by atoms with Crippen LogP contribution in [0.2, 0.25) is 0 Å². The van der Waals surface area contributed by atoms with Crippen LogP contribution < -0.4 is 15.6 Å². The Hall–Kier alpha value is -3.54. The second-order valence-electron chi connectivity index (χ2n) is 6.36. The molecule has 0 spiro atoms. The van der Waals surface area contributed by atoms with Crippen molar-refractivity contribution >= 4 is 33.4 Å². The van der Waals surface area contributed by atoms with Crippen molar-refractivity contribution in [3.8, 4) is 5.75 Å². The maximum absolute atomic E-state index is 12.6. The van der Waals surface area contributed by atoms with Gasteiger partial charge in [0.25, 0.3) is 5.91 Å². The van der Waals surface area contributed by atoms with Crippen LogP contribution in [0.1, 0.15) is 23.0 Å². The zero-order chi connectivity index (χ0) is 19.0. The van der Waals surface area contributed by atoms with Gasteiger partial charge in [-0.1, -0.05) is 13.0 Å². The average molecular weight is 361 g/mol. The van der Waals surface area contributed by atoms with E-state index >= 15 is 0 Å². The fraction of sp³-hybridized carbons (Fsp3) is 0.143. The Morgan fingerprint density at radius 3 is 2.67 bits per heavy atom. The van der Waals surface area contributed by atoms with Gasteiger partial charge in [-0.15, -0.1) is 0 Å². The molecule has 4 aromatic rings. The maximum Gasteiger partial charge on any atom is 0.272 e. The van der Waals surface area contributed by atoms with E-state index in [1.54, 1.807) is 25.3 Å². The molecule has 6 nitrogen and oxygen atoms in total. The molecule has 0 saturated carbocycles. The maximum atomic E-state index is 12.6. The Morgan fingerprint density at radius 2 is 1.89 bits per heavy atom. The second-order valence-corrected chi connectivity index (χ2v) is 6.36. The number of amides is 1. The Morgan fingerprint density at radius 1 is 1.04 bits per heavy atom. The monoisotopic (exact) mass is 361 g/mol. The molecule has 0 bridgehead atoms. The van der Waals surface area contributed by atoms with Crippen LogP contribution in [0.5, 0.6) is 5.75 Å². The number of hydrogen-bond donors (Lipinski definition) is 3. The number of carbonyl (C=O) groups excluding carboxylic acids is 1. The number of aromatic amines is 2. The van der Waals surface area contributed by atoms with Gasteiger partial charge in [0, 0.05) is 34.1 Å². The summed E-state index contributed by atoms with van der Waals surface area (Å²) < 4.78 is 5.21. The SMILES string of the molecule is CCc1cc(=O)[nH]c2cc(NC(=O)c3cc4ccc(OC)cc4[nH]3)ccc12. The average Bonchev–Trinajstić information content (AvgIpc) is 3.10. The van der Waals surface area contributed by atoms with E-state index in [1.807, 2.05) is 37.3 Å². The van der Waals surface area contributed by atoms with Crippen molar-refractivity contribution in [3.05, 3.63) is 70.1 Å². The normalized spacial score (nSPS) is 11.0. The van der Waals surface area contributed by atoms with Gasteiger partial charge in [0.1, 0.15) is 11.4 Å². The van der Waals surface area contributed by atoms with Crippen molar-refractivity contribution < 1.29 is 9.53 Å². The van der Waals surface area contributed by atoms with Crippen molar-refractivity contribution in [1.82, 2.24) is 9.97 Å². The number of benzene rings is 2. The van der Waals surface area contributed by atoms with E-state index < -0.39 is 0 Å². The van der Waals surface area contributed by atoms with Crippen LogP contribution in [0.4, 0.5) is 5.69 Å². The lowest BCUT2D eigenvalue weighted by Crippen LogP contribution is -2.12. The number of anilines is 1. The molecule has 0 radical (unpaired) electrons. The molecule has 0 aliphatic carbocycles. The number of aromatic nitrogens is 2. The first-order chi connectivity index (χ1) is 13.1. The van der Waals surface area contributed by atoms with Gasteiger partial charge in [-0.25, -0.2) is 0 Å². The Labute approximate surface area is 155 Å². The summed E-state index contributed by atoms with van der Waals surface area (Å²) >= 11 is 0. The van der Waals surface area contributed by atoms with Crippen molar-refractivity contribution in [2.75, 3.05) is 12.4 Å². The standard InChI is InChI=1S/C21H19N3O3/c1-3-12-9-20(25)24-18-10-14(5-7-16(12)18)22-21(26)19-8-13-4-6-15(27-2)11-17(13)23-19/h4-11,23H,3H2,1-2H3,(H,22,26)(H,24,25). The molecule has 3 N–H and O–H groups in total. The molecule has 2 heterocycles. The third-order valence-electron chi connectivity index (χ3n) is 4.64. The summed E-state index contributed by atoms with van der Waals surface area (Å²) in [5, 5.41) is 4.78. The molecule has 0 atom stereocenters. The van der Waals surface area contributed by atoms with E-state index in [0.717, 1.165) is 34.0 Å². The van der Waals surface area contributed by atoms with E-state index in [9.17, 15) is 9.59 Å². The Kier molecular flexibility index (Phi) is 4.16. The molecular weight excluding hydrogens is 342 g/mol. The molecule has 1 amide bonds. The number of carbonyl (C=O) groups is 1. The van der Waals surface area contributed by atoms with Gasteiger partial charge in [-0.2, -0.15) is 0 Å². The van der Waals surface area contributed by atoms with E-state index in [0.29, 0.717) is 16.9 Å². The first-order valence-corrected chi connectivity index (χ1v) is 8.71. The van der Waals surface area contributed by atoms with Gasteiger partial charge >= 0.3 is 0 Å². The van der Waals surface area contributed by atoms with Gasteiger partial charge in [-0.05, 0) is 42.3 Å². The third-order valence-corrected chi connectivity index (χ3v) is 4.64. The zero-order valence-electron chi connectivity index (χ0n) is 15.1. The number of ether oxygens (including phenoxy) is 1. The molecule has 0 aliphatic heterocycles. The predicted octanol–water partition coefficient (Wildman–Crippen LogP) is 3.83. The lowest BCUT2D eigenvalue weighted by atomic mass is 10.1. The van der Waals surface area contributed by atoms with Gasteiger partial charge in [0.2, 0.25) is 5.56 Å². The number of fused-ring (bicyclic) bond motifs is 2. The molecule has 4 rings (SSSR count). The minimum absolute atomic E-state index is 0.146. The van der Waals surface area contributed by atoms with E-state index in [1.165, 1.54) is 0 Å². The molecule has 136 valence electrons. The van der Waals surface area contributed by atoms with Crippen molar-refractivity contribution in [2.24, 2.45) is 0 Å². The van der Waals surface area contributed by atoms with Crippen LogP contribution >= 0.6 is 0 Å². The summed E-state index contributed by atoms with van der Waals surface area (Å²) in [6.07, 6.45) is 0.769. The molecule has 2 aromatic carbocycles. The van der Waals surface area contributed by atoms with Crippen molar-refractivity contribution in [2.45, 2.75) is 13.3 Å².